The van der Waals surface area contributed by atoms with Crippen molar-refractivity contribution >= 4 is 27.1 Å². The highest BCUT2D eigenvalue weighted by molar-refractivity contribution is 7.15. The summed E-state index contributed by atoms with van der Waals surface area (Å²) in [5.74, 6) is 7.05. The molecule has 0 atom stereocenters. The zero-order valence-electron chi connectivity index (χ0n) is 20.0. The van der Waals surface area contributed by atoms with Crippen molar-refractivity contribution < 1.29 is 9.15 Å². The highest BCUT2D eigenvalue weighted by Gasteiger charge is 2.15. The number of thiazole rings is 1. The van der Waals surface area contributed by atoms with Crippen molar-refractivity contribution in [1.29, 1.82) is 0 Å². The van der Waals surface area contributed by atoms with Crippen molar-refractivity contribution in [2.75, 3.05) is 7.11 Å². The van der Waals surface area contributed by atoms with Gasteiger partial charge in [0.25, 0.3) is 5.56 Å². The maximum absolute atomic E-state index is 13.4. The Labute approximate surface area is 209 Å². The van der Waals surface area contributed by atoms with Crippen molar-refractivity contribution in [3.63, 3.8) is 0 Å². The average Bonchev–Trinajstić information content (AvgIpc) is 3.30. The predicted molar refractivity (Wildman–Crippen MR) is 140 cm³/mol. The van der Waals surface area contributed by atoms with Gasteiger partial charge >= 0.3 is 11.3 Å². The van der Waals surface area contributed by atoms with Crippen LogP contribution in [0.4, 0.5) is 0 Å². The van der Waals surface area contributed by atoms with Crippen LogP contribution >= 0.6 is 11.3 Å². The first kappa shape index (κ1) is 23.4. The second-order valence-electron chi connectivity index (χ2n) is 8.47. The number of rotatable bonds is 4. The number of nitrogens with zero attached hydrogens (tertiary/aromatic N) is 2. The van der Waals surface area contributed by atoms with Gasteiger partial charge in [-0.2, -0.15) is 0 Å². The Morgan fingerprint density at radius 3 is 2.61 bits per heavy atom. The summed E-state index contributed by atoms with van der Waals surface area (Å²) in [5, 5.41) is 2.52. The van der Waals surface area contributed by atoms with E-state index in [1.165, 1.54) is 26.4 Å². The summed E-state index contributed by atoms with van der Waals surface area (Å²) in [4.78, 5) is 38.5. The maximum Gasteiger partial charge on any atom is 0.337 e. The quantitative estimate of drug-likeness (QED) is 0.277. The van der Waals surface area contributed by atoms with Crippen LogP contribution in [0.1, 0.15) is 27.9 Å². The first-order valence-electron chi connectivity index (χ1n) is 11.2. The van der Waals surface area contributed by atoms with E-state index in [0.717, 1.165) is 22.4 Å². The summed E-state index contributed by atoms with van der Waals surface area (Å²) in [6, 6.07) is 14.2. The van der Waals surface area contributed by atoms with Gasteiger partial charge in [0.2, 0.25) is 0 Å². The second kappa shape index (κ2) is 9.36. The summed E-state index contributed by atoms with van der Waals surface area (Å²) < 4.78 is 13.3. The minimum absolute atomic E-state index is 0.0857. The number of fused-ring (bicyclic) bond motifs is 2. The minimum atomic E-state index is -0.442. The lowest BCUT2D eigenvalue weighted by atomic mass is 10.1. The summed E-state index contributed by atoms with van der Waals surface area (Å²) >= 11 is 1.33. The van der Waals surface area contributed by atoms with Crippen LogP contribution < -0.4 is 21.6 Å². The third kappa shape index (κ3) is 4.25. The molecule has 36 heavy (non-hydrogen) atoms. The van der Waals surface area contributed by atoms with Crippen LogP contribution in [0.2, 0.25) is 0 Å². The first-order valence-corrected chi connectivity index (χ1v) is 12.1. The Hall–Kier alpha value is -4.35. The van der Waals surface area contributed by atoms with Crippen LogP contribution in [-0.4, -0.2) is 16.1 Å². The van der Waals surface area contributed by atoms with Crippen molar-refractivity contribution in [2.24, 2.45) is 0 Å². The fourth-order valence-electron chi connectivity index (χ4n) is 4.11. The lowest BCUT2D eigenvalue weighted by Crippen LogP contribution is -2.39. The van der Waals surface area contributed by atoms with Gasteiger partial charge in [0.15, 0.2) is 0 Å². The molecule has 0 bridgehead atoms. The standard InChI is InChI=1S/C28H22N2O5S/c1-17-7-8-19(14-24(17)34-3)5-4-6-22-16-36-27-18(2)26(32)29(28(33)30(22)27)15-20-9-11-23-21(13-20)10-12-25(31)35-23/h7-14,16H,5,15H2,1-3H3. The van der Waals surface area contributed by atoms with Gasteiger partial charge in [-0.15, -0.1) is 11.3 Å². The molecular formula is C28H22N2O5S. The largest absolute Gasteiger partial charge is 0.496 e. The molecule has 180 valence electrons. The second-order valence-corrected chi connectivity index (χ2v) is 9.33. The fourth-order valence-corrected chi connectivity index (χ4v) is 5.05. The van der Waals surface area contributed by atoms with Gasteiger partial charge < -0.3 is 9.15 Å². The van der Waals surface area contributed by atoms with Crippen LogP contribution in [0.15, 0.2) is 72.7 Å². The van der Waals surface area contributed by atoms with Crippen LogP contribution in [0, 0.1) is 25.7 Å². The number of aromatic nitrogens is 2. The third-order valence-electron chi connectivity index (χ3n) is 6.04. The zero-order chi connectivity index (χ0) is 25.4. The number of ether oxygens (including phenoxy) is 1. The van der Waals surface area contributed by atoms with E-state index in [0.29, 0.717) is 33.5 Å². The fraction of sp³-hybridized carbons (Fsp3) is 0.179. The molecule has 0 fully saturated rings. The van der Waals surface area contributed by atoms with Gasteiger partial charge in [-0.1, -0.05) is 24.1 Å². The SMILES string of the molecule is COc1cc(CC#Cc2csc3c(C)c(=O)n(Cc4ccc5oc(=O)ccc5c4)c(=O)n23)ccc1C. The molecule has 0 unspecified atom stereocenters. The molecule has 3 aromatic heterocycles. The lowest BCUT2D eigenvalue weighted by Gasteiger charge is -2.09. The van der Waals surface area contributed by atoms with Crippen LogP contribution in [0.25, 0.3) is 15.8 Å². The molecule has 0 aliphatic carbocycles. The molecule has 0 amide bonds. The van der Waals surface area contributed by atoms with Gasteiger partial charge in [-0.05, 0) is 60.7 Å². The Morgan fingerprint density at radius 1 is 1.00 bits per heavy atom. The summed E-state index contributed by atoms with van der Waals surface area (Å²) in [6.45, 7) is 3.78. The third-order valence-corrected chi connectivity index (χ3v) is 7.09. The van der Waals surface area contributed by atoms with Gasteiger partial charge in [-0.25, -0.2) is 14.0 Å². The number of aryl methyl sites for hydroxylation is 2. The van der Waals surface area contributed by atoms with Gasteiger partial charge in [0, 0.05) is 28.8 Å². The molecule has 5 rings (SSSR count). The van der Waals surface area contributed by atoms with E-state index in [1.807, 2.05) is 25.1 Å². The number of methoxy groups -OCH3 is 1. The summed E-state index contributed by atoms with van der Waals surface area (Å²) in [7, 11) is 1.64. The van der Waals surface area contributed by atoms with Crippen molar-refractivity contribution in [3.05, 3.63) is 113 Å². The molecule has 0 saturated heterocycles. The molecule has 0 N–H and O–H groups in total. The molecule has 0 aliphatic heterocycles. The van der Waals surface area contributed by atoms with E-state index in [1.54, 1.807) is 43.7 Å². The molecule has 2 aromatic carbocycles. The van der Waals surface area contributed by atoms with Crippen LogP contribution in [-0.2, 0) is 13.0 Å². The van der Waals surface area contributed by atoms with Crippen molar-refractivity contribution in [2.45, 2.75) is 26.8 Å². The highest BCUT2D eigenvalue weighted by atomic mass is 32.1. The molecule has 0 aliphatic rings. The molecule has 5 aromatic rings. The summed E-state index contributed by atoms with van der Waals surface area (Å²) in [5.41, 5.74) is 3.06. The number of hydrogen-bond donors (Lipinski definition) is 0. The molecule has 8 heteroatoms. The van der Waals surface area contributed by atoms with E-state index in [-0.39, 0.29) is 12.1 Å². The van der Waals surface area contributed by atoms with Gasteiger partial charge in [0.05, 0.1) is 13.7 Å². The Morgan fingerprint density at radius 2 is 1.81 bits per heavy atom. The van der Waals surface area contributed by atoms with Crippen LogP contribution in [0.3, 0.4) is 0 Å². The predicted octanol–water partition coefficient (Wildman–Crippen LogP) is 3.90. The highest BCUT2D eigenvalue weighted by Crippen LogP contribution is 2.20. The normalized spacial score (nSPS) is 11.0. The molecular weight excluding hydrogens is 476 g/mol. The molecule has 3 heterocycles. The first-order chi connectivity index (χ1) is 17.4. The molecule has 7 nitrogen and oxygen atoms in total. The monoisotopic (exact) mass is 498 g/mol. The topological polar surface area (TPSA) is 82.9 Å². The average molecular weight is 499 g/mol. The molecule has 0 saturated carbocycles. The Kier molecular flexibility index (Phi) is 6.08. The molecule has 0 radical (unpaired) electrons. The van der Waals surface area contributed by atoms with Crippen molar-refractivity contribution in [3.8, 4) is 17.6 Å². The smallest absolute Gasteiger partial charge is 0.337 e. The van der Waals surface area contributed by atoms with E-state index in [4.69, 9.17) is 9.15 Å². The zero-order valence-corrected chi connectivity index (χ0v) is 20.8. The van der Waals surface area contributed by atoms with Gasteiger partial charge in [-0.3, -0.25) is 9.36 Å². The number of benzene rings is 2. The number of hydrogen-bond acceptors (Lipinski definition) is 6. The van der Waals surface area contributed by atoms with Crippen LogP contribution in [0.5, 0.6) is 5.75 Å². The van der Waals surface area contributed by atoms with Gasteiger partial charge in [0.1, 0.15) is 21.9 Å². The Bertz CT molecular complexity index is 1880. The van der Waals surface area contributed by atoms with E-state index in [9.17, 15) is 14.4 Å². The van der Waals surface area contributed by atoms with E-state index < -0.39 is 11.3 Å². The summed E-state index contributed by atoms with van der Waals surface area (Å²) in [6.07, 6.45) is 0.495. The van der Waals surface area contributed by atoms with E-state index >= 15 is 0 Å². The molecule has 0 spiro atoms. The van der Waals surface area contributed by atoms with E-state index in [2.05, 4.69) is 11.8 Å². The maximum atomic E-state index is 13.4. The Balaban J connectivity index is 1.52. The minimum Gasteiger partial charge on any atom is -0.496 e. The van der Waals surface area contributed by atoms with Crippen molar-refractivity contribution in [1.82, 2.24) is 8.97 Å². The lowest BCUT2D eigenvalue weighted by molar-refractivity contribution is 0.411.